The zero-order valence-electron chi connectivity index (χ0n) is 7.35. The first-order chi connectivity index (χ1) is 6.86. The van der Waals surface area contributed by atoms with Crippen molar-refractivity contribution >= 4 is 0 Å². The topological polar surface area (TPSA) is 49.8 Å². The van der Waals surface area contributed by atoms with Crippen LogP contribution in [-0.2, 0) is 0 Å². The van der Waals surface area contributed by atoms with E-state index < -0.39 is 23.6 Å². The van der Waals surface area contributed by atoms with Crippen molar-refractivity contribution in [3.05, 3.63) is 35.1 Å². The first-order valence-corrected chi connectivity index (χ1v) is 3.88. The van der Waals surface area contributed by atoms with Crippen LogP contribution >= 0.6 is 0 Å². The van der Waals surface area contributed by atoms with E-state index in [1.165, 1.54) is 6.07 Å². The second-order valence-electron chi connectivity index (χ2n) is 2.86. The minimum atomic E-state index is -4.70. The second-order valence-corrected chi connectivity index (χ2v) is 2.86. The Morgan fingerprint density at radius 2 is 1.93 bits per heavy atom. The Labute approximate surface area is 82.9 Å². The van der Waals surface area contributed by atoms with E-state index in [4.69, 9.17) is 11.0 Å². The van der Waals surface area contributed by atoms with Crippen LogP contribution in [0.4, 0.5) is 17.6 Å². The number of nitrogens with two attached hydrogens (primary N) is 1. The summed E-state index contributed by atoms with van der Waals surface area (Å²) in [6.07, 6.45) is -4.70. The maximum absolute atomic E-state index is 12.7. The lowest BCUT2D eigenvalue weighted by molar-refractivity contribution is -0.149. The van der Waals surface area contributed by atoms with Gasteiger partial charge in [0.25, 0.3) is 0 Å². The molecule has 0 amide bonds. The number of halogens is 4. The van der Waals surface area contributed by atoms with Crippen LogP contribution in [0.25, 0.3) is 0 Å². The van der Waals surface area contributed by atoms with Crippen LogP contribution in [0.5, 0.6) is 0 Å². The molecule has 1 aromatic rings. The van der Waals surface area contributed by atoms with Gasteiger partial charge in [-0.3, -0.25) is 0 Å². The Kier molecular flexibility index (Phi) is 2.95. The molecule has 0 spiro atoms. The smallest absolute Gasteiger partial charge is 0.316 e. The lowest BCUT2D eigenvalue weighted by Gasteiger charge is -2.16. The molecule has 0 unspecified atom stereocenters. The lowest BCUT2D eigenvalue weighted by atomic mass is 10.0. The SMILES string of the molecule is N#Cc1ccc(F)cc1[C@H](N)C(F)(F)F. The fourth-order valence-electron chi connectivity index (χ4n) is 1.07. The van der Waals surface area contributed by atoms with E-state index in [0.717, 1.165) is 12.1 Å². The lowest BCUT2D eigenvalue weighted by Crippen LogP contribution is -2.29. The number of hydrogen-bond acceptors (Lipinski definition) is 2. The van der Waals surface area contributed by atoms with Crippen LogP contribution in [0.2, 0.25) is 0 Å². The average molecular weight is 218 g/mol. The third-order valence-electron chi connectivity index (χ3n) is 1.82. The van der Waals surface area contributed by atoms with Crippen LogP contribution in [0, 0.1) is 17.1 Å². The molecule has 15 heavy (non-hydrogen) atoms. The van der Waals surface area contributed by atoms with Gasteiger partial charge in [0.1, 0.15) is 11.9 Å². The zero-order valence-corrected chi connectivity index (χ0v) is 7.35. The summed E-state index contributed by atoms with van der Waals surface area (Å²) >= 11 is 0. The van der Waals surface area contributed by atoms with Crippen molar-refractivity contribution in [3.63, 3.8) is 0 Å². The van der Waals surface area contributed by atoms with Gasteiger partial charge in [-0.05, 0) is 23.8 Å². The molecule has 0 radical (unpaired) electrons. The van der Waals surface area contributed by atoms with Crippen LogP contribution in [-0.4, -0.2) is 6.18 Å². The quantitative estimate of drug-likeness (QED) is 0.735. The molecule has 2 nitrogen and oxygen atoms in total. The van der Waals surface area contributed by atoms with Crippen molar-refractivity contribution in [2.75, 3.05) is 0 Å². The van der Waals surface area contributed by atoms with E-state index in [0.29, 0.717) is 6.07 Å². The number of rotatable bonds is 1. The van der Waals surface area contributed by atoms with Crippen molar-refractivity contribution in [3.8, 4) is 6.07 Å². The Bertz CT molecular complexity index is 406. The molecule has 2 N–H and O–H groups in total. The number of alkyl halides is 3. The Hall–Kier alpha value is -1.61. The van der Waals surface area contributed by atoms with Crippen LogP contribution in [0.1, 0.15) is 17.2 Å². The summed E-state index contributed by atoms with van der Waals surface area (Å²) in [5.74, 6) is -0.858. The molecule has 0 bridgehead atoms. The molecule has 0 aliphatic carbocycles. The Balaban J connectivity index is 3.24. The van der Waals surface area contributed by atoms with E-state index in [1.54, 1.807) is 0 Å². The average Bonchev–Trinajstić information content (AvgIpc) is 2.15. The molecule has 6 heteroatoms. The van der Waals surface area contributed by atoms with Crippen molar-refractivity contribution in [2.24, 2.45) is 5.73 Å². The fraction of sp³-hybridized carbons (Fsp3) is 0.222. The van der Waals surface area contributed by atoms with Gasteiger partial charge in [0.15, 0.2) is 0 Å². The molecule has 1 atom stereocenters. The molecule has 0 saturated carbocycles. The van der Waals surface area contributed by atoms with E-state index in [9.17, 15) is 17.6 Å². The third-order valence-corrected chi connectivity index (χ3v) is 1.82. The van der Waals surface area contributed by atoms with Gasteiger partial charge in [0.2, 0.25) is 0 Å². The van der Waals surface area contributed by atoms with Crippen molar-refractivity contribution in [2.45, 2.75) is 12.2 Å². The Morgan fingerprint density at radius 3 is 2.40 bits per heavy atom. The molecule has 1 rings (SSSR count). The van der Waals surface area contributed by atoms with Gasteiger partial charge in [-0.2, -0.15) is 18.4 Å². The first kappa shape index (κ1) is 11.5. The van der Waals surface area contributed by atoms with E-state index in [-0.39, 0.29) is 5.56 Å². The molecule has 0 saturated heterocycles. The van der Waals surface area contributed by atoms with E-state index in [1.807, 2.05) is 0 Å². The second kappa shape index (κ2) is 3.87. The maximum Gasteiger partial charge on any atom is 0.407 e. The van der Waals surface area contributed by atoms with Gasteiger partial charge in [-0.1, -0.05) is 0 Å². The predicted octanol–water partition coefficient (Wildman–Crippen LogP) is 2.26. The number of nitriles is 1. The molecule has 0 fully saturated rings. The van der Waals surface area contributed by atoms with Gasteiger partial charge in [-0.15, -0.1) is 0 Å². The fourth-order valence-corrected chi connectivity index (χ4v) is 1.07. The maximum atomic E-state index is 12.7. The highest BCUT2D eigenvalue weighted by Crippen LogP contribution is 2.32. The Morgan fingerprint density at radius 1 is 1.33 bits per heavy atom. The minimum Gasteiger partial charge on any atom is -0.316 e. The van der Waals surface area contributed by atoms with Gasteiger partial charge in [0.05, 0.1) is 11.6 Å². The molecule has 0 aliphatic heterocycles. The van der Waals surface area contributed by atoms with E-state index >= 15 is 0 Å². The van der Waals surface area contributed by atoms with Crippen LogP contribution < -0.4 is 5.73 Å². The highest BCUT2D eigenvalue weighted by Gasteiger charge is 2.39. The van der Waals surface area contributed by atoms with Crippen molar-refractivity contribution < 1.29 is 17.6 Å². The third kappa shape index (κ3) is 2.44. The molecule has 1 aromatic carbocycles. The summed E-state index contributed by atoms with van der Waals surface area (Å²) in [5, 5.41) is 8.53. The standard InChI is InChI=1S/C9H6F4N2/c10-6-2-1-5(4-14)7(3-6)8(15)9(11,12)13/h1-3,8H,15H2/t8-/m0/s1. The molecule has 0 aliphatic rings. The summed E-state index contributed by atoms with van der Waals surface area (Å²) in [6.45, 7) is 0. The first-order valence-electron chi connectivity index (χ1n) is 3.88. The molecular formula is C9H6F4N2. The van der Waals surface area contributed by atoms with Gasteiger partial charge >= 0.3 is 6.18 Å². The molecule has 0 aromatic heterocycles. The monoisotopic (exact) mass is 218 g/mol. The summed E-state index contributed by atoms with van der Waals surface area (Å²) in [5.41, 5.74) is 4.05. The summed E-state index contributed by atoms with van der Waals surface area (Å²) in [4.78, 5) is 0. The largest absolute Gasteiger partial charge is 0.407 e. The van der Waals surface area contributed by atoms with E-state index in [2.05, 4.69) is 0 Å². The minimum absolute atomic E-state index is 0.277. The number of hydrogen-bond donors (Lipinski definition) is 1. The highest BCUT2D eigenvalue weighted by atomic mass is 19.4. The van der Waals surface area contributed by atoms with Crippen molar-refractivity contribution in [1.82, 2.24) is 0 Å². The summed E-state index contributed by atoms with van der Waals surface area (Å²) in [7, 11) is 0. The number of benzene rings is 1. The van der Waals surface area contributed by atoms with Crippen molar-refractivity contribution in [1.29, 1.82) is 5.26 Å². The zero-order chi connectivity index (χ0) is 11.6. The molecule has 80 valence electrons. The predicted molar refractivity (Wildman–Crippen MR) is 44.1 cm³/mol. The van der Waals surface area contributed by atoms with Crippen LogP contribution in [0.15, 0.2) is 18.2 Å². The summed E-state index contributed by atoms with van der Waals surface area (Å²) < 4.78 is 49.4. The highest BCUT2D eigenvalue weighted by molar-refractivity contribution is 5.40. The van der Waals surface area contributed by atoms with Gasteiger partial charge in [0, 0.05) is 0 Å². The summed E-state index contributed by atoms with van der Waals surface area (Å²) in [6, 6.07) is 1.68. The van der Waals surface area contributed by atoms with Crippen LogP contribution in [0.3, 0.4) is 0 Å². The number of nitrogens with zero attached hydrogens (tertiary/aromatic N) is 1. The van der Waals surface area contributed by atoms with Gasteiger partial charge in [-0.25, -0.2) is 4.39 Å². The molecular weight excluding hydrogens is 212 g/mol. The normalized spacial score (nSPS) is 13.3. The van der Waals surface area contributed by atoms with Gasteiger partial charge < -0.3 is 5.73 Å². The molecule has 0 heterocycles.